The molecule has 0 spiro atoms. The van der Waals surface area contributed by atoms with Crippen molar-refractivity contribution < 1.29 is 9.32 Å². The Morgan fingerprint density at radius 2 is 1.90 bits per heavy atom. The van der Waals surface area contributed by atoms with Crippen LogP contribution in [0.2, 0.25) is 5.02 Å². The first-order chi connectivity index (χ1) is 14.5. The zero-order chi connectivity index (χ0) is 20.5. The van der Waals surface area contributed by atoms with Crippen LogP contribution in [-0.4, -0.2) is 62.4 Å². The molecule has 1 aromatic heterocycles. The average Bonchev–Trinajstić information content (AvgIpc) is 3.07. The predicted molar refractivity (Wildman–Crippen MR) is 118 cm³/mol. The van der Waals surface area contributed by atoms with Gasteiger partial charge in [-0.1, -0.05) is 11.6 Å². The SMILES string of the molecule is O=S1CCc2nc(N3CC4CC3CN4c3ccc(Cl)cc3)nc(NC3(CO)CC3)c21. The number of hydrogen-bond donors (Lipinski definition) is 2. The number of nitrogens with zero attached hydrogens (tertiary/aromatic N) is 4. The van der Waals surface area contributed by atoms with Crippen molar-refractivity contribution in [2.24, 2.45) is 0 Å². The molecular formula is C21H24ClN5O2S. The van der Waals surface area contributed by atoms with Gasteiger partial charge in [0, 0.05) is 42.0 Å². The Hall–Kier alpha value is -1.90. The highest BCUT2D eigenvalue weighted by molar-refractivity contribution is 7.85. The second-order valence-electron chi connectivity index (χ2n) is 8.84. The van der Waals surface area contributed by atoms with Crippen LogP contribution in [0.15, 0.2) is 29.2 Å². The van der Waals surface area contributed by atoms with E-state index in [4.69, 9.17) is 21.6 Å². The molecule has 2 bridgehead atoms. The van der Waals surface area contributed by atoms with Crippen molar-refractivity contribution in [2.45, 2.75) is 48.2 Å². The van der Waals surface area contributed by atoms with Gasteiger partial charge in [-0.05, 0) is 43.5 Å². The summed E-state index contributed by atoms with van der Waals surface area (Å²) in [5, 5.41) is 13.9. The summed E-state index contributed by atoms with van der Waals surface area (Å²) in [5.74, 6) is 1.99. The molecule has 6 rings (SSSR count). The molecule has 0 amide bonds. The first kappa shape index (κ1) is 18.8. The summed E-state index contributed by atoms with van der Waals surface area (Å²) in [4.78, 5) is 15.2. The molecule has 3 fully saturated rings. The molecule has 1 aliphatic carbocycles. The van der Waals surface area contributed by atoms with Crippen molar-refractivity contribution in [2.75, 3.05) is 40.6 Å². The molecule has 1 saturated carbocycles. The summed E-state index contributed by atoms with van der Waals surface area (Å²) in [6.07, 6.45) is 3.62. The minimum Gasteiger partial charge on any atom is -0.394 e. The highest BCUT2D eigenvalue weighted by Crippen LogP contribution is 2.42. The highest BCUT2D eigenvalue weighted by Gasteiger charge is 2.46. The summed E-state index contributed by atoms with van der Waals surface area (Å²) in [5.41, 5.74) is 1.80. The Balaban J connectivity index is 1.28. The number of aliphatic hydroxyl groups is 1. The van der Waals surface area contributed by atoms with Gasteiger partial charge >= 0.3 is 0 Å². The lowest BCUT2D eigenvalue weighted by atomic mass is 10.2. The fraction of sp³-hybridized carbons (Fsp3) is 0.524. The van der Waals surface area contributed by atoms with Crippen LogP contribution in [0.1, 0.15) is 25.0 Å². The highest BCUT2D eigenvalue weighted by atomic mass is 35.5. The average molecular weight is 446 g/mol. The third kappa shape index (κ3) is 2.99. The minimum atomic E-state index is -1.07. The molecule has 2 aromatic rings. The second kappa shape index (κ2) is 6.80. The fourth-order valence-corrected chi connectivity index (χ4v) is 6.41. The Labute approximate surface area is 182 Å². The Kier molecular flexibility index (Phi) is 4.27. The molecule has 3 atom stereocenters. The van der Waals surface area contributed by atoms with Gasteiger partial charge in [-0.15, -0.1) is 0 Å². The van der Waals surface area contributed by atoms with Gasteiger partial charge < -0.3 is 20.2 Å². The fourth-order valence-electron chi connectivity index (χ4n) is 4.98. The van der Waals surface area contributed by atoms with Crippen LogP contribution in [0.3, 0.4) is 0 Å². The monoisotopic (exact) mass is 445 g/mol. The molecule has 9 heteroatoms. The zero-order valence-electron chi connectivity index (χ0n) is 16.6. The van der Waals surface area contributed by atoms with E-state index in [-0.39, 0.29) is 12.1 Å². The molecule has 4 heterocycles. The van der Waals surface area contributed by atoms with Gasteiger partial charge in [0.1, 0.15) is 10.7 Å². The summed E-state index contributed by atoms with van der Waals surface area (Å²) < 4.78 is 12.6. The van der Waals surface area contributed by atoms with Crippen LogP contribution < -0.4 is 15.1 Å². The van der Waals surface area contributed by atoms with E-state index in [2.05, 4.69) is 27.2 Å². The third-order valence-corrected chi connectivity index (χ3v) is 8.58. The Bertz CT molecular complexity index is 1030. The van der Waals surface area contributed by atoms with Gasteiger partial charge in [-0.3, -0.25) is 4.21 Å². The van der Waals surface area contributed by atoms with Gasteiger partial charge in [0.05, 0.1) is 34.7 Å². The van der Waals surface area contributed by atoms with E-state index in [1.165, 1.54) is 5.69 Å². The van der Waals surface area contributed by atoms with Crippen LogP contribution in [0.5, 0.6) is 0 Å². The third-order valence-electron chi connectivity index (χ3n) is 6.87. The van der Waals surface area contributed by atoms with Gasteiger partial charge in [0.2, 0.25) is 5.95 Å². The smallest absolute Gasteiger partial charge is 0.227 e. The number of benzene rings is 1. The van der Waals surface area contributed by atoms with Crippen LogP contribution in [0.25, 0.3) is 0 Å². The molecular weight excluding hydrogens is 422 g/mol. The number of aliphatic hydroxyl groups excluding tert-OH is 1. The zero-order valence-corrected chi connectivity index (χ0v) is 18.1. The number of anilines is 3. The van der Waals surface area contributed by atoms with E-state index < -0.39 is 10.8 Å². The lowest BCUT2D eigenvalue weighted by Gasteiger charge is -2.36. The predicted octanol–water partition coefficient (Wildman–Crippen LogP) is 2.20. The van der Waals surface area contributed by atoms with Gasteiger partial charge in [-0.2, -0.15) is 4.98 Å². The number of fused-ring (bicyclic) bond motifs is 3. The molecule has 3 unspecified atom stereocenters. The molecule has 3 aliphatic heterocycles. The number of aromatic nitrogens is 2. The number of halogens is 1. The first-order valence-electron chi connectivity index (χ1n) is 10.5. The summed E-state index contributed by atoms with van der Waals surface area (Å²) in [6.45, 7) is 1.87. The number of piperazine rings is 1. The van der Waals surface area contributed by atoms with E-state index in [1.807, 2.05) is 12.1 Å². The molecule has 2 N–H and O–H groups in total. The molecule has 4 aliphatic rings. The van der Waals surface area contributed by atoms with Gasteiger partial charge in [-0.25, -0.2) is 4.98 Å². The van der Waals surface area contributed by atoms with E-state index in [1.54, 1.807) is 0 Å². The number of nitrogens with one attached hydrogen (secondary N) is 1. The van der Waals surface area contributed by atoms with Crippen molar-refractivity contribution in [1.29, 1.82) is 0 Å². The van der Waals surface area contributed by atoms with Crippen molar-refractivity contribution in [1.82, 2.24) is 9.97 Å². The van der Waals surface area contributed by atoms with Gasteiger partial charge in [0.15, 0.2) is 0 Å². The standard InChI is InChI=1S/C21H24ClN5O2S/c22-13-1-3-14(4-2-13)26-10-16-9-15(26)11-27(16)20-23-17-5-8-30(29)18(17)19(24-20)25-21(12-28)6-7-21/h1-4,15-16,28H,5-12H2,(H,23,24,25). The van der Waals surface area contributed by atoms with E-state index in [9.17, 15) is 9.32 Å². The largest absolute Gasteiger partial charge is 0.394 e. The van der Waals surface area contributed by atoms with E-state index in [0.29, 0.717) is 23.7 Å². The molecule has 7 nitrogen and oxygen atoms in total. The van der Waals surface area contributed by atoms with Crippen LogP contribution in [0, 0.1) is 0 Å². The maximum absolute atomic E-state index is 12.6. The Morgan fingerprint density at radius 1 is 1.17 bits per heavy atom. The lowest BCUT2D eigenvalue weighted by molar-refractivity contribution is 0.265. The Morgan fingerprint density at radius 3 is 2.57 bits per heavy atom. The molecule has 30 heavy (non-hydrogen) atoms. The van der Waals surface area contributed by atoms with Crippen molar-refractivity contribution in [3.05, 3.63) is 35.0 Å². The first-order valence-corrected chi connectivity index (χ1v) is 12.2. The quantitative estimate of drug-likeness (QED) is 0.730. The summed E-state index contributed by atoms with van der Waals surface area (Å²) in [6, 6.07) is 8.83. The minimum absolute atomic E-state index is 0.0677. The number of hydrogen-bond acceptors (Lipinski definition) is 7. The van der Waals surface area contributed by atoms with Crippen LogP contribution in [-0.2, 0) is 17.2 Å². The summed E-state index contributed by atoms with van der Waals surface area (Å²) in [7, 11) is -1.07. The normalized spacial score (nSPS) is 28.1. The second-order valence-corrected chi connectivity index (χ2v) is 10.8. The topological polar surface area (TPSA) is 81.6 Å². The van der Waals surface area contributed by atoms with E-state index in [0.717, 1.165) is 60.3 Å². The van der Waals surface area contributed by atoms with Crippen molar-refractivity contribution in [3.63, 3.8) is 0 Å². The van der Waals surface area contributed by atoms with Crippen LogP contribution >= 0.6 is 11.6 Å². The van der Waals surface area contributed by atoms with Crippen molar-refractivity contribution >= 4 is 39.9 Å². The number of aryl methyl sites for hydroxylation is 1. The lowest BCUT2D eigenvalue weighted by Crippen LogP contribution is -2.47. The molecule has 158 valence electrons. The molecule has 0 radical (unpaired) electrons. The van der Waals surface area contributed by atoms with Crippen molar-refractivity contribution in [3.8, 4) is 0 Å². The molecule has 2 saturated heterocycles. The van der Waals surface area contributed by atoms with Gasteiger partial charge in [0.25, 0.3) is 0 Å². The van der Waals surface area contributed by atoms with Crippen LogP contribution in [0.4, 0.5) is 17.5 Å². The molecule has 1 aromatic carbocycles. The summed E-state index contributed by atoms with van der Waals surface area (Å²) >= 11 is 6.05. The number of rotatable bonds is 5. The maximum Gasteiger partial charge on any atom is 0.227 e. The maximum atomic E-state index is 12.6. The van der Waals surface area contributed by atoms with E-state index >= 15 is 0 Å².